The van der Waals surface area contributed by atoms with E-state index in [1.54, 1.807) is 19.1 Å². The second-order valence-corrected chi connectivity index (χ2v) is 7.16. The zero-order valence-corrected chi connectivity index (χ0v) is 17.4. The largest absolute Gasteiger partial charge is 0.481 e. The van der Waals surface area contributed by atoms with Crippen LogP contribution < -0.4 is 21.9 Å². The first-order valence-corrected chi connectivity index (χ1v) is 9.78. The van der Waals surface area contributed by atoms with E-state index in [0.717, 1.165) is 0 Å². The van der Waals surface area contributed by atoms with Crippen LogP contribution in [-0.2, 0) is 9.59 Å². The molecular formula is C20H21N7O6. The number of anilines is 2. The van der Waals surface area contributed by atoms with Crippen molar-refractivity contribution in [3.63, 3.8) is 0 Å². The average Bonchev–Trinajstić information content (AvgIpc) is 2.76. The maximum absolute atomic E-state index is 12.3. The standard InChI is InChI=1S/C20H21N7O6/c1-9(13-8-22-16-15(24-13)18(31)27-20(21)26-16)23-11-4-2-10(3-5-11)17(30)25-12(19(32)33)6-7-14(28)29/h2-5,8-9,12,23H,6-7H2,1H3,(H,25,30)(H,28,29)(H,32,33)(H3,21,22,26,27,31)/t9-,12-/m1/s1. The fourth-order valence-corrected chi connectivity index (χ4v) is 2.97. The highest BCUT2D eigenvalue weighted by Crippen LogP contribution is 2.19. The normalized spacial score (nSPS) is 12.6. The first-order valence-electron chi connectivity index (χ1n) is 9.78. The van der Waals surface area contributed by atoms with E-state index in [2.05, 4.69) is 30.6 Å². The SMILES string of the molecule is C[C@@H](Nc1ccc(C(=O)N[C@H](CCC(=O)O)C(=O)O)cc1)c1cnc2nc(N)[nH]c(=O)c2n1. The van der Waals surface area contributed by atoms with Crippen LogP contribution in [0.15, 0.2) is 35.3 Å². The van der Waals surface area contributed by atoms with E-state index in [1.807, 2.05) is 0 Å². The average molecular weight is 455 g/mol. The van der Waals surface area contributed by atoms with E-state index in [-0.39, 0.29) is 41.6 Å². The fraction of sp³-hybridized carbons (Fsp3) is 0.250. The van der Waals surface area contributed by atoms with Crippen LogP contribution in [0.5, 0.6) is 0 Å². The molecule has 13 heteroatoms. The molecule has 3 aromatic rings. The number of amides is 1. The third-order valence-corrected chi connectivity index (χ3v) is 4.68. The summed E-state index contributed by atoms with van der Waals surface area (Å²) in [5.74, 6) is -3.16. The van der Waals surface area contributed by atoms with Crippen molar-refractivity contribution >= 4 is 40.6 Å². The number of nitrogens with two attached hydrogens (primary N) is 1. The molecule has 0 fully saturated rings. The minimum Gasteiger partial charge on any atom is -0.481 e. The minimum absolute atomic E-state index is 0.0539. The molecule has 0 unspecified atom stereocenters. The number of benzene rings is 1. The molecule has 0 saturated heterocycles. The molecule has 2 atom stereocenters. The van der Waals surface area contributed by atoms with Crippen LogP contribution in [-0.4, -0.2) is 54.0 Å². The zero-order chi connectivity index (χ0) is 24.1. The number of aliphatic carboxylic acids is 2. The molecule has 2 heterocycles. The first kappa shape index (κ1) is 23.1. The van der Waals surface area contributed by atoms with Gasteiger partial charge in [-0.1, -0.05) is 0 Å². The molecule has 13 nitrogen and oxygen atoms in total. The van der Waals surface area contributed by atoms with Crippen LogP contribution in [0.4, 0.5) is 11.6 Å². The van der Waals surface area contributed by atoms with Crippen molar-refractivity contribution in [2.45, 2.75) is 31.8 Å². The van der Waals surface area contributed by atoms with Crippen molar-refractivity contribution in [3.05, 3.63) is 52.1 Å². The van der Waals surface area contributed by atoms with E-state index in [0.29, 0.717) is 11.4 Å². The molecule has 172 valence electrons. The Morgan fingerprint density at radius 3 is 2.48 bits per heavy atom. The minimum atomic E-state index is -1.31. The van der Waals surface area contributed by atoms with Gasteiger partial charge in [0.05, 0.1) is 17.9 Å². The van der Waals surface area contributed by atoms with E-state index in [9.17, 15) is 19.2 Å². The summed E-state index contributed by atoms with van der Waals surface area (Å²) in [5.41, 5.74) is 6.49. The van der Waals surface area contributed by atoms with Crippen LogP contribution in [0.3, 0.4) is 0 Å². The topological polar surface area (TPSA) is 213 Å². The van der Waals surface area contributed by atoms with Gasteiger partial charge >= 0.3 is 11.9 Å². The Kier molecular flexibility index (Phi) is 6.81. The van der Waals surface area contributed by atoms with Gasteiger partial charge in [-0.2, -0.15) is 4.98 Å². The summed E-state index contributed by atoms with van der Waals surface area (Å²) in [5, 5.41) is 23.4. The van der Waals surface area contributed by atoms with E-state index in [4.69, 9.17) is 15.9 Å². The third-order valence-electron chi connectivity index (χ3n) is 4.68. The Bertz CT molecular complexity index is 1260. The lowest BCUT2D eigenvalue weighted by molar-refractivity contribution is -0.140. The Morgan fingerprint density at radius 2 is 1.85 bits per heavy atom. The summed E-state index contributed by atoms with van der Waals surface area (Å²) in [6.07, 6.45) is 0.854. The summed E-state index contributed by atoms with van der Waals surface area (Å²) < 4.78 is 0. The van der Waals surface area contributed by atoms with E-state index in [1.165, 1.54) is 18.3 Å². The molecule has 0 radical (unpaired) electrons. The summed E-state index contributed by atoms with van der Waals surface area (Å²) >= 11 is 0. The second kappa shape index (κ2) is 9.72. The molecule has 3 rings (SSSR count). The summed E-state index contributed by atoms with van der Waals surface area (Å²) in [7, 11) is 0. The fourth-order valence-electron chi connectivity index (χ4n) is 2.97. The number of nitrogens with zero attached hydrogens (tertiary/aromatic N) is 3. The van der Waals surface area contributed by atoms with Crippen molar-refractivity contribution in [1.29, 1.82) is 0 Å². The predicted octanol–water partition coefficient (Wildman–Crippen LogP) is 0.516. The summed E-state index contributed by atoms with van der Waals surface area (Å²) in [4.78, 5) is 61.0. The molecule has 33 heavy (non-hydrogen) atoms. The van der Waals surface area contributed by atoms with Crippen molar-refractivity contribution in [2.75, 3.05) is 11.1 Å². The number of nitrogens with one attached hydrogen (secondary N) is 3. The lowest BCUT2D eigenvalue weighted by Gasteiger charge is -2.16. The van der Waals surface area contributed by atoms with Gasteiger partial charge in [0, 0.05) is 17.7 Å². The number of H-pyrrole nitrogens is 1. The quantitative estimate of drug-likeness (QED) is 0.261. The Balaban J connectivity index is 1.68. The Labute approximate surface area is 186 Å². The van der Waals surface area contributed by atoms with Gasteiger partial charge in [-0.15, -0.1) is 0 Å². The first-order chi connectivity index (χ1) is 15.6. The monoisotopic (exact) mass is 455 g/mol. The molecule has 0 saturated carbocycles. The molecule has 0 spiro atoms. The van der Waals surface area contributed by atoms with Crippen molar-refractivity contribution in [1.82, 2.24) is 25.3 Å². The second-order valence-electron chi connectivity index (χ2n) is 7.16. The maximum Gasteiger partial charge on any atom is 0.326 e. The van der Waals surface area contributed by atoms with Crippen LogP contribution in [0.2, 0.25) is 0 Å². The smallest absolute Gasteiger partial charge is 0.326 e. The van der Waals surface area contributed by atoms with Crippen molar-refractivity contribution in [3.8, 4) is 0 Å². The Morgan fingerprint density at radius 1 is 1.15 bits per heavy atom. The lowest BCUT2D eigenvalue weighted by Crippen LogP contribution is -2.41. The van der Waals surface area contributed by atoms with Crippen LogP contribution in [0, 0.1) is 0 Å². The molecule has 0 aliphatic heterocycles. The maximum atomic E-state index is 12.3. The number of rotatable bonds is 9. The number of nitrogen functional groups attached to an aromatic ring is 1. The van der Waals surface area contributed by atoms with E-state index < -0.39 is 29.4 Å². The Hall–Kier alpha value is -4.55. The van der Waals surface area contributed by atoms with Crippen LogP contribution in [0.25, 0.3) is 11.2 Å². The molecule has 7 N–H and O–H groups in total. The summed E-state index contributed by atoms with van der Waals surface area (Å²) in [6, 6.07) is 4.54. The van der Waals surface area contributed by atoms with E-state index >= 15 is 0 Å². The molecule has 0 bridgehead atoms. The van der Waals surface area contributed by atoms with Gasteiger partial charge in [0.15, 0.2) is 11.2 Å². The lowest BCUT2D eigenvalue weighted by atomic mass is 10.1. The van der Waals surface area contributed by atoms with Gasteiger partial charge in [0.1, 0.15) is 6.04 Å². The number of carbonyl (C=O) groups is 3. The molecule has 0 aliphatic rings. The highest BCUT2D eigenvalue weighted by Gasteiger charge is 2.21. The number of carboxylic acid groups (broad SMARTS) is 2. The predicted molar refractivity (Wildman–Crippen MR) is 117 cm³/mol. The van der Waals surface area contributed by atoms with Gasteiger partial charge < -0.3 is 26.6 Å². The molecule has 1 aromatic carbocycles. The number of carboxylic acids is 2. The molecule has 2 aromatic heterocycles. The van der Waals surface area contributed by atoms with Crippen LogP contribution in [0.1, 0.15) is 41.9 Å². The number of hydrogen-bond acceptors (Lipinski definition) is 9. The number of fused-ring (bicyclic) bond motifs is 1. The third kappa shape index (κ3) is 5.78. The highest BCUT2D eigenvalue weighted by atomic mass is 16.4. The van der Waals surface area contributed by atoms with Crippen LogP contribution >= 0.6 is 0 Å². The van der Waals surface area contributed by atoms with Gasteiger partial charge in [0.25, 0.3) is 11.5 Å². The van der Waals surface area contributed by atoms with Gasteiger partial charge in [-0.25, -0.2) is 14.8 Å². The zero-order valence-electron chi connectivity index (χ0n) is 17.4. The highest BCUT2D eigenvalue weighted by molar-refractivity contribution is 5.97. The number of hydrogen-bond donors (Lipinski definition) is 6. The number of carbonyl (C=O) groups excluding carboxylic acids is 1. The number of aromatic amines is 1. The molecular weight excluding hydrogens is 434 g/mol. The number of aromatic nitrogens is 4. The molecule has 0 aliphatic carbocycles. The van der Waals surface area contributed by atoms with Gasteiger partial charge in [-0.05, 0) is 37.6 Å². The van der Waals surface area contributed by atoms with Crippen molar-refractivity contribution in [2.24, 2.45) is 0 Å². The summed E-state index contributed by atoms with van der Waals surface area (Å²) in [6.45, 7) is 1.80. The molecule has 1 amide bonds. The van der Waals surface area contributed by atoms with Crippen molar-refractivity contribution < 1.29 is 24.6 Å². The van der Waals surface area contributed by atoms with Gasteiger partial charge in [0.2, 0.25) is 5.95 Å². The van der Waals surface area contributed by atoms with Gasteiger partial charge in [-0.3, -0.25) is 19.4 Å².